The van der Waals surface area contributed by atoms with Crippen molar-refractivity contribution < 1.29 is 28.8 Å². The van der Waals surface area contributed by atoms with Crippen LogP contribution in [0.4, 0.5) is 0 Å². The molecule has 0 aliphatic rings. The minimum atomic E-state index is -0.773. The van der Waals surface area contributed by atoms with Gasteiger partial charge in [-0.05, 0) is 48.1 Å². The molecule has 0 radical (unpaired) electrons. The molecule has 0 aliphatic carbocycles. The highest BCUT2D eigenvalue weighted by Gasteiger charge is 2.30. The van der Waals surface area contributed by atoms with Gasteiger partial charge in [-0.15, -0.1) is 0 Å². The molecular weight excluding hydrogens is 422 g/mol. The van der Waals surface area contributed by atoms with Gasteiger partial charge in [0.2, 0.25) is 5.75 Å². The van der Waals surface area contributed by atoms with Crippen molar-refractivity contribution in [2.24, 2.45) is 11.1 Å². The van der Waals surface area contributed by atoms with Crippen LogP contribution in [0.2, 0.25) is 0 Å². The van der Waals surface area contributed by atoms with Crippen molar-refractivity contribution in [2.45, 2.75) is 52.2 Å². The minimum Gasteiger partial charge on any atom is -0.493 e. The molecule has 0 saturated heterocycles. The predicted octanol–water partition coefficient (Wildman–Crippen LogP) is 4.03. The number of rotatable bonds is 13. The summed E-state index contributed by atoms with van der Waals surface area (Å²) in [6, 6.07) is 10.5. The van der Waals surface area contributed by atoms with Crippen LogP contribution in [0.15, 0.2) is 36.4 Å². The monoisotopic (exact) mass is 459 g/mol. The summed E-state index contributed by atoms with van der Waals surface area (Å²) < 4.78 is 21.8. The number of aliphatic hydroxyl groups is 1. The number of aryl methyl sites for hydroxylation is 1. The molecule has 0 amide bonds. The summed E-state index contributed by atoms with van der Waals surface area (Å²) in [6.45, 7) is 6.23. The van der Waals surface area contributed by atoms with Crippen molar-refractivity contribution in [1.82, 2.24) is 0 Å². The van der Waals surface area contributed by atoms with Gasteiger partial charge in [-0.2, -0.15) is 0 Å². The molecule has 2 aromatic rings. The molecule has 0 bridgehead atoms. The molecule has 2 unspecified atom stereocenters. The average Bonchev–Trinajstić information content (AvgIpc) is 2.84. The second-order valence-electron chi connectivity index (χ2n) is 8.73. The lowest BCUT2D eigenvalue weighted by molar-refractivity contribution is 0.0427. The molecule has 0 aliphatic heterocycles. The van der Waals surface area contributed by atoms with Gasteiger partial charge in [-0.3, -0.25) is 4.79 Å². The number of ether oxygens (including phenoxy) is 4. The first-order chi connectivity index (χ1) is 15.7. The zero-order valence-electron chi connectivity index (χ0n) is 20.5. The fourth-order valence-corrected chi connectivity index (χ4v) is 3.48. The van der Waals surface area contributed by atoms with Crippen molar-refractivity contribution in [2.75, 3.05) is 27.9 Å². The molecule has 7 heteroatoms. The second kappa shape index (κ2) is 11.9. The van der Waals surface area contributed by atoms with E-state index in [0.717, 1.165) is 12.0 Å². The smallest absolute Gasteiger partial charge is 0.203 e. The maximum Gasteiger partial charge on any atom is 0.203 e. The molecule has 0 saturated carbocycles. The number of aliphatic hydroxyl groups excluding tert-OH is 1. The maximum absolute atomic E-state index is 12.8. The van der Waals surface area contributed by atoms with Gasteiger partial charge < -0.3 is 29.8 Å². The molecule has 2 aromatic carbocycles. The van der Waals surface area contributed by atoms with E-state index in [4.69, 9.17) is 24.7 Å². The molecule has 0 aromatic heterocycles. The number of benzene rings is 2. The third kappa shape index (κ3) is 6.85. The van der Waals surface area contributed by atoms with Crippen LogP contribution < -0.4 is 24.7 Å². The van der Waals surface area contributed by atoms with Crippen molar-refractivity contribution in [1.29, 1.82) is 0 Å². The Morgan fingerprint density at radius 1 is 1.06 bits per heavy atom. The molecule has 0 heterocycles. The highest BCUT2D eigenvalue weighted by Crippen LogP contribution is 2.38. The van der Waals surface area contributed by atoms with Crippen LogP contribution in [0.1, 0.15) is 49.5 Å². The third-order valence-corrected chi connectivity index (χ3v) is 6.17. The second-order valence-corrected chi connectivity index (χ2v) is 8.73. The van der Waals surface area contributed by atoms with Crippen LogP contribution >= 0.6 is 0 Å². The van der Waals surface area contributed by atoms with Gasteiger partial charge in [-0.1, -0.05) is 32.9 Å². The predicted molar refractivity (Wildman–Crippen MR) is 129 cm³/mol. The van der Waals surface area contributed by atoms with E-state index in [2.05, 4.69) is 6.92 Å². The van der Waals surface area contributed by atoms with E-state index in [1.54, 1.807) is 12.1 Å². The first-order valence-electron chi connectivity index (χ1n) is 11.1. The Morgan fingerprint density at radius 3 is 2.24 bits per heavy atom. The molecule has 3 N–H and O–H groups in total. The number of carbonyl (C=O) groups is 1. The summed E-state index contributed by atoms with van der Waals surface area (Å²) >= 11 is 0. The lowest BCUT2D eigenvalue weighted by atomic mass is 9.80. The summed E-state index contributed by atoms with van der Waals surface area (Å²) in [6.07, 6.45) is 0.934. The number of ketones is 1. The Labute approximate surface area is 196 Å². The summed E-state index contributed by atoms with van der Waals surface area (Å²) in [7, 11) is 4.56. The van der Waals surface area contributed by atoms with Gasteiger partial charge in [0.05, 0.1) is 21.3 Å². The molecule has 182 valence electrons. The summed E-state index contributed by atoms with van der Waals surface area (Å²) in [5, 5.41) is 10.4. The Hall–Kier alpha value is -2.77. The highest BCUT2D eigenvalue weighted by atomic mass is 16.5. The van der Waals surface area contributed by atoms with E-state index >= 15 is 0 Å². The van der Waals surface area contributed by atoms with E-state index in [0.29, 0.717) is 41.4 Å². The highest BCUT2D eigenvalue weighted by molar-refractivity contribution is 5.97. The van der Waals surface area contributed by atoms with Gasteiger partial charge in [0.1, 0.15) is 18.5 Å². The van der Waals surface area contributed by atoms with E-state index < -0.39 is 6.10 Å². The summed E-state index contributed by atoms with van der Waals surface area (Å²) in [5.41, 5.74) is 7.47. The summed E-state index contributed by atoms with van der Waals surface area (Å²) in [4.78, 5) is 12.8. The van der Waals surface area contributed by atoms with E-state index in [-0.39, 0.29) is 23.8 Å². The standard InChI is InChI=1S/C26H37NO6/c1-7-26(2,3)25(27)21(29)16-33-19-10-8-9-17(13-19)11-12-20(28)18-14-22(30-4)24(32-6)23(15-18)31-5/h8-10,13-15,21,25,29H,7,11-12,16,27H2,1-6H3. The number of carbonyl (C=O) groups excluding carboxylic acids is 1. The molecule has 2 atom stereocenters. The van der Waals surface area contributed by atoms with Crippen molar-refractivity contribution in [3.63, 3.8) is 0 Å². The van der Waals surface area contributed by atoms with Crippen LogP contribution in [-0.2, 0) is 6.42 Å². The Morgan fingerprint density at radius 2 is 1.70 bits per heavy atom. The third-order valence-electron chi connectivity index (χ3n) is 6.17. The average molecular weight is 460 g/mol. The zero-order chi connectivity index (χ0) is 24.6. The van der Waals surface area contributed by atoms with Crippen LogP contribution in [0.5, 0.6) is 23.0 Å². The van der Waals surface area contributed by atoms with Gasteiger partial charge in [0.15, 0.2) is 17.3 Å². The molecule has 33 heavy (non-hydrogen) atoms. The minimum absolute atomic E-state index is 0.0382. The number of Topliss-reactive ketones (excluding diaryl/α,β-unsaturated/α-hetero) is 1. The Bertz CT molecular complexity index is 902. The number of hydrogen-bond acceptors (Lipinski definition) is 7. The quantitative estimate of drug-likeness (QED) is 0.436. The van der Waals surface area contributed by atoms with Crippen LogP contribution in [0.25, 0.3) is 0 Å². The topological polar surface area (TPSA) is 100 Å². The molecule has 7 nitrogen and oxygen atoms in total. The molecule has 0 fully saturated rings. The van der Waals surface area contributed by atoms with Crippen molar-refractivity contribution in [3.05, 3.63) is 47.5 Å². The van der Waals surface area contributed by atoms with E-state index in [9.17, 15) is 9.90 Å². The van der Waals surface area contributed by atoms with Crippen molar-refractivity contribution in [3.8, 4) is 23.0 Å². The van der Waals surface area contributed by atoms with Crippen LogP contribution in [0.3, 0.4) is 0 Å². The van der Waals surface area contributed by atoms with E-state index in [1.165, 1.54) is 21.3 Å². The molecule has 2 rings (SSSR count). The number of nitrogens with two attached hydrogens (primary N) is 1. The SMILES string of the molecule is CCC(C)(C)C(N)C(O)COc1cccc(CCC(=O)c2cc(OC)c(OC)c(OC)c2)c1. The van der Waals surface area contributed by atoms with Crippen molar-refractivity contribution >= 4 is 5.78 Å². The lowest BCUT2D eigenvalue weighted by Crippen LogP contribution is -2.48. The maximum atomic E-state index is 12.8. The van der Waals surface area contributed by atoms with E-state index in [1.807, 2.05) is 38.1 Å². The first kappa shape index (κ1) is 26.5. The van der Waals surface area contributed by atoms with Gasteiger partial charge >= 0.3 is 0 Å². The van der Waals surface area contributed by atoms with Gasteiger partial charge in [0.25, 0.3) is 0 Å². The number of hydrogen-bond donors (Lipinski definition) is 2. The normalized spacial score (nSPS) is 13.2. The molecule has 0 spiro atoms. The summed E-state index contributed by atoms with van der Waals surface area (Å²) in [5.74, 6) is 1.93. The fourth-order valence-electron chi connectivity index (χ4n) is 3.48. The molecular formula is C26H37NO6. The van der Waals surface area contributed by atoms with Crippen LogP contribution in [0, 0.1) is 5.41 Å². The first-order valence-corrected chi connectivity index (χ1v) is 11.1. The lowest BCUT2D eigenvalue weighted by Gasteiger charge is -2.33. The Balaban J connectivity index is 2.01. The Kier molecular flexibility index (Phi) is 9.56. The van der Waals surface area contributed by atoms with Crippen LogP contribution in [-0.4, -0.2) is 51.0 Å². The zero-order valence-corrected chi connectivity index (χ0v) is 20.5. The number of methoxy groups -OCH3 is 3. The van der Waals surface area contributed by atoms with Gasteiger partial charge in [-0.25, -0.2) is 0 Å². The largest absolute Gasteiger partial charge is 0.493 e. The van der Waals surface area contributed by atoms with Gasteiger partial charge in [0, 0.05) is 18.0 Å². The fraction of sp³-hybridized carbons (Fsp3) is 0.500.